The minimum atomic E-state index is -0.594. The van der Waals surface area contributed by atoms with Gasteiger partial charge in [-0.2, -0.15) is 0 Å². The van der Waals surface area contributed by atoms with Gasteiger partial charge in [0, 0.05) is 11.4 Å². The molecule has 1 amide bonds. The first-order valence-electron chi connectivity index (χ1n) is 10.4. The minimum absolute atomic E-state index is 0.0135. The Labute approximate surface area is 184 Å². The van der Waals surface area contributed by atoms with E-state index in [1.54, 1.807) is 15.9 Å². The van der Waals surface area contributed by atoms with Crippen molar-refractivity contribution in [2.75, 3.05) is 0 Å². The Morgan fingerprint density at radius 2 is 2.07 bits per heavy atom. The van der Waals surface area contributed by atoms with E-state index in [4.69, 9.17) is 10.7 Å². The van der Waals surface area contributed by atoms with Gasteiger partial charge >= 0.3 is 0 Å². The highest BCUT2D eigenvalue weighted by atomic mass is 32.2. The minimum Gasteiger partial charge on any atom is -0.368 e. The number of hydrogen-bond donors (Lipinski definition) is 1. The lowest BCUT2D eigenvalue weighted by Crippen LogP contribution is -2.27. The van der Waals surface area contributed by atoms with Crippen LogP contribution < -0.4 is 11.3 Å². The third-order valence-electron chi connectivity index (χ3n) is 5.51. The zero-order valence-electron chi connectivity index (χ0n) is 17.6. The summed E-state index contributed by atoms with van der Waals surface area (Å²) in [6.07, 6.45) is 3.06. The summed E-state index contributed by atoms with van der Waals surface area (Å²) in [4.78, 5) is 32.8. The number of thioether (sulfide) groups is 1. The Bertz CT molecular complexity index is 1130. The fourth-order valence-corrected chi connectivity index (χ4v) is 6.52. The van der Waals surface area contributed by atoms with Crippen LogP contribution in [0.1, 0.15) is 48.4 Å². The number of benzene rings is 1. The number of carbonyl (C=O) groups excluding carboxylic acids is 1. The molecule has 5 nitrogen and oxygen atoms in total. The number of carbonyl (C=O) groups is 1. The molecule has 0 radical (unpaired) electrons. The van der Waals surface area contributed by atoms with Crippen molar-refractivity contribution in [1.29, 1.82) is 0 Å². The maximum atomic E-state index is 13.6. The number of fused-ring (bicyclic) bond motifs is 3. The number of thiophene rings is 1. The zero-order chi connectivity index (χ0) is 21.4. The number of hydrogen-bond acceptors (Lipinski definition) is 5. The maximum absolute atomic E-state index is 13.6. The molecule has 0 saturated heterocycles. The van der Waals surface area contributed by atoms with E-state index in [1.807, 2.05) is 30.3 Å². The van der Waals surface area contributed by atoms with Gasteiger partial charge in [0.2, 0.25) is 5.91 Å². The van der Waals surface area contributed by atoms with Crippen LogP contribution >= 0.6 is 23.1 Å². The van der Waals surface area contributed by atoms with Gasteiger partial charge in [-0.3, -0.25) is 14.2 Å². The van der Waals surface area contributed by atoms with Crippen LogP contribution in [-0.2, 0) is 24.2 Å². The zero-order valence-corrected chi connectivity index (χ0v) is 19.2. The van der Waals surface area contributed by atoms with E-state index in [2.05, 4.69) is 20.8 Å². The van der Waals surface area contributed by atoms with E-state index in [0.717, 1.165) is 35.0 Å². The Morgan fingerprint density at radius 1 is 1.33 bits per heavy atom. The summed E-state index contributed by atoms with van der Waals surface area (Å²) in [5, 5.41) is 0.756. The molecule has 30 heavy (non-hydrogen) atoms. The molecule has 7 heteroatoms. The van der Waals surface area contributed by atoms with Crippen LogP contribution in [0.3, 0.4) is 0 Å². The number of aromatic nitrogens is 2. The van der Waals surface area contributed by atoms with E-state index in [1.165, 1.54) is 22.2 Å². The van der Waals surface area contributed by atoms with E-state index < -0.39 is 11.2 Å². The van der Waals surface area contributed by atoms with Crippen LogP contribution in [0.15, 0.2) is 40.3 Å². The molecule has 0 aliphatic heterocycles. The van der Waals surface area contributed by atoms with Gasteiger partial charge in [0.25, 0.3) is 5.56 Å². The van der Waals surface area contributed by atoms with Gasteiger partial charge in [-0.25, -0.2) is 4.98 Å². The Morgan fingerprint density at radius 3 is 2.73 bits per heavy atom. The average Bonchev–Trinajstić information content (AvgIpc) is 3.06. The number of aryl methyl sites for hydroxylation is 1. The highest BCUT2D eigenvalue weighted by Crippen LogP contribution is 2.39. The first kappa shape index (κ1) is 21.1. The number of nitrogens with zero attached hydrogens (tertiary/aromatic N) is 2. The average molecular weight is 442 g/mol. The van der Waals surface area contributed by atoms with Crippen molar-refractivity contribution in [3.63, 3.8) is 0 Å². The Balaban J connectivity index is 1.85. The third-order valence-corrected chi connectivity index (χ3v) is 7.92. The fraction of sp³-hybridized carbons (Fsp3) is 0.435. The van der Waals surface area contributed by atoms with Crippen molar-refractivity contribution in [3.05, 3.63) is 56.7 Å². The van der Waals surface area contributed by atoms with Gasteiger partial charge in [0.05, 0.1) is 5.39 Å². The fourth-order valence-electron chi connectivity index (χ4n) is 4.04. The Kier molecular flexibility index (Phi) is 6.02. The molecule has 1 aromatic carbocycles. The first-order chi connectivity index (χ1) is 14.3. The molecule has 2 aromatic heterocycles. The van der Waals surface area contributed by atoms with E-state index >= 15 is 0 Å². The second-order valence-corrected chi connectivity index (χ2v) is 10.7. The molecule has 158 valence electrons. The van der Waals surface area contributed by atoms with Crippen molar-refractivity contribution in [2.45, 2.75) is 57.0 Å². The molecule has 4 rings (SSSR count). The summed E-state index contributed by atoms with van der Waals surface area (Å²) < 4.78 is 1.75. The van der Waals surface area contributed by atoms with Gasteiger partial charge in [0.1, 0.15) is 10.1 Å². The summed E-state index contributed by atoms with van der Waals surface area (Å²) >= 11 is 2.91. The second kappa shape index (κ2) is 8.55. The third kappa shape index (κ3) is 4.05. The molecule has 0 spiro atoms. The lowest BCUT2D eigenvalue weighted by molar-refractivity contribution is -0.117. The molecule has 2 unspecified atom stereocenters. The predicted octanol–water partition coefficient (Wildman–Crippen LogP) is 4.56. The summed E-state index contributed by atoms with van der Waals surface area (Å²) in [6.45, 7) is 6.99. The summed E-state index contributed by atoms with van der Waals surface area (Å²) in [5.74, 6) is 0.477. The van der Waals surface area contributed by atoms with Gasteiger partial charge in [-0.1, -0.05) is 62.9 Å². The van der Waals surface area contributed by atoms with Crippen molar-refractivity contribution < 1.29 is 4.79 Å². The van der Waals surface area contributed by atoms with E-state index in [9.17, 15) is 9.59 Å². The molecule has 2 atom stereocenters. The number of primary amides is 1. The molecule has 3 aromatic rings. The van der Waals surface area contributed by atoms with Gasteiger partial charge < -0.3 is 5.73 Å². The molecule has 2 heterocycles. The smallest absolute Gasteiger partial charge is 0.263 e. The largest absolute Gasteiger partial charge is 0.368 e. The number of amides is 1. The summed E-state index contributed by atoms with van der Waals surface area (Å²) in [5.41, 5.74) is 7.76. The van der Waals surface area contributed by atoms with Gasteiger partial charge in [0.15, 0.2) is 5.16 Å². The van der Waals surface area contributed by atoms with Crippen LogP contribution in [0.2, 0.25) is 0 Å². The van der Waals surface area contributed by atoms with Crippen LogP contribution in [0.5, 0.6) is 0 Å². The normalized spacial score (nSPS) is 17.3. The maximum Gasteiger partial charge on any atom is 0.263 e. The quantitative estimate of drug-likeness (QED) is 0.449. The van der Waals surface area contributed by atoms with Crippen LogP contribution in [0.25, 0.3) is 10.2 Å². The van der Waals surface area contributed by atoms with Crippen LogP contribution in [0, 0.1) is 11.8 Å². The lowest BCUT2D eigenvalue weighted by Gasteiger charge is -2.19. The van der Waals surface area contributed by atoms with Crippen LogP contribution in [0.4, 0.5) is 0 Å². The first-order valence-corrected chi connectivity index (χ1v) is 12.1. The standard InChI is InChI=1S/C23H27N3O2S2/c1-13(2)12-26-22(28)18-16-10-9-14(3)11-17(16)29-21(18)25-23(26)30-19(20(24)27)15-7-5-4-6-8-15/h4-8,13-14,19H,9-12H2,1-3H3,(H2,24,27). The molecule has 2 N–H and O–H groups in total. The number of nitrogens with two attached hydrogens (primary N) is 1. The molecule has 1 aliphatic carbocycles. The van der Waals surface area contributed by atoms with Crippen molar-refractivity contribution >= 4 is 39.2 Å². The topological polar surface area (TPSA) is 78.0 Å². The second-order valence-electron chi connectivity index (χ2n) is 8.55. The molecular formula is C23H27N3O2S2. The summed E-state index contributed by atoms with van der Waals surface area (Å²) in [7, 11) is 0. The van der Waals surface area contributed by atoms with E-state index in [0.29, 0.717) is 17.6 Å². The van der Waals surface area contributed by atoms with Crippen molar-refractivity contribution in [3.8, 4) is 0 Å². The molecule has 0 fully saturated rings. The predicted molar refractivity (Wildman–Crippen MR) is 124 cm³/mol. The Hall–Kier alpha value is -2.12. The van der Waals surface area contributed by atoms with Gasteiger partial charge in [-0.15, -0.1) is 11.3 Å². The summed E-state index contributed by atoms with van der Waals surface area (Å²) in [6, 6.07) is 9.45. The molecular weight excluding hydrogens is 414 g/mol. The monoisotopic (exact) mass is 441 g/mol. The highest BCUT2D eigenvalue weighted by Gasteiger charge is 2.27. The van der Waals surface area contributed by atoms with Crippen LogP contribution in [-0.4, -0.2) is 15.5 Å². The van der Waals surface area contributed by atoms with Crippen molar-refractivity contribution in [1.82, 2.24) is 9.55 Å². The SMILES string of the molecule is CC(C)Cn1c(SC(C(N)=O)c2ccccc2)nc2sc3c(c2c1=O)CCC(C)C3. The lowest BCUT2D eigenvalue weighted by atomic mass is 9.89. The molecule has 0 bridgehead atoms. The van der Waals surface area contributed by atoms with Gasteiger partial charge in [-0.05, 0) is 42.2 Å². The molecule has 1 aliphatic rings. The molecule has 0 saturated carbocycles. The number of rotatable bonds is 6. The highest BCUT2D eigenvalue weighted by molar-refractivity contribution is 8.00. The van der Waals surface area contributed by atoms with E-state index in [-0.39, 0.29) is 11.5 Å². The van der Waals surface area contributed by atoms with Crippen molar-refractivity contribution in [2.24, 2.45) is 17.6 Å².